The van der Waals surface area contributed by atoms with Crippen molar-refractivity contribution in [3.63, 3.8) is 0 Å². The molecule has 6 nitrogen and oxygen atoms in total. The largest absolute Gasteiger partial charge is 0.477 e. The molecule has 21 heavy (non-hydrogen) atoms. The molecule has 1 aromatic heterocycles. The summed E-state index contributed by atoms with van der Waals surface area (Å²) in [6.45, 7) is 4.76. The number of carbonyl (C=O) groups is 1. The van der Waals surface area contributed by atoms with Crippen LogP contribution in [0.2, 0.25) is 0 Å². The van der Waals surface area contributed by atoms with Gasteiger partial charge in [0.2, 0.25) is 10.0 Å². The number of carboxylic acids is 1. The number of carboxylic acid groups (broad SMARTS) is 1. The number of rotatable bonds is 5. The smallest absolute Gasteiger partial charge is 0.352 e. The number of aromatic carboxylic acids is 1. The number of thioether (sulfide) groups is 1. The normalized spacial score (nSPS) is 20.6. The van der Waals surface area contributed by atoms with Crippen molar-refractivity contribution >= 4 is 27.8 Å². The van der Waals surface area contributed by atoms with Crippen LogP contribution < -0.4 is 0 Å². The van der Waals surface area contributed by atoms with Gasteiger partial charge < -0.3 is 9.67 Å². The quantitative estimate of drug-likeness (QED) is 0.888. The van der Waals surface area contributed by atoms with E-state index in [1.165, 1.54) is 21.1 Å². The van der Waals surface area contributed by atoms with Crippen molar-refractivity contribution in [3.05, 3.63) is 18.0 Å². The van der Waals surface area contributed by atoms with Gasteiger partial charge in [0.15, 0.2) is 0 Å². The summed E-state index contributed by atoms with van der Waals surface area (Å²) in [5.74, 6) is 0.429. The third-order valence-electron chi connectivity index (χ3n) is 3.47. The molecule has 2 heterocycles. The predicted octanol–water partition coefficient (Wildman–Crippen LogP) is 1.72. The zero-order chi connectivity index (χ0) is 15.6. The van der Waals surface area contributed by atoms with Gasteiger partial charge in [-0.2, -0.15) is 16.1 Å². The summed E-state index contributed by atoms with van der Waals surface area (Å²) in [5.41, 5.74) is 0.0227. The lowest BCUT2D eigenvalue weighted by atomic mass is 10.4. The molecule has 1 aliphatic rings. The van der Waals surface area contributed by atoms with Crippen molar-refractivity contribution in [2.24, 2.45) is 0 Å². The molecule has 0 radical (unpaired) electrons. The van der Waals surface area contributed by atoms with Gasteiger partial charge in [-0.3, -0.25) is 0 Å². The highest BCUT2D eigenvalue weighted by atomic mass is 32.2. The first-order chi connectivity index (χ1) is 9.87. The van der Waals surface area contributed by atoms with E-state index in [0.717, 1.165) is 17.9 Å². The van der Waals surface area contributed by atoms with Crippen LogP contribution in [-0.2, 0) is 16.6 Å². The van der Waals surface area contributed by atoms with Gasteiger partial charge in [0, 0.05) is 36.8 Å². The summed E-state index contributed by atoms with van der Waals surface area (Å²) in [5, 5.41) is 9.20. The SMILES string of the molecule is CCCn1cc(S(=O)(=O)N2CCSCC2C)cc1C(=O)O. The molecule has 8 heteroatoms. The fraction of sp³-hybridized carbons (Fsp3) is 0.615. The first kappa shape index (κ1) is 16.4. The molecule has 0 aromatic carbocycles. The average molecular weight is 332 g/mol. The van der Waals surface area contributed by atoms with Crippen LogP contribution in [0.15, 0.2) is 17.2 Å². The Balaban J connectivity index is 2.40. The molecule has 118 valence electrons. The molecule has 1 fully saturated rings. The summed E-state index contributed by atoms with van der Waals surface area (Å²) in [6.07, 6.45) is 2.18. The lowest BCUT2D eigenvalue weighted by molar-refractivity contribution is 0.0685. The van der Waals surface area contributed by atoms with Gasteiger partial charge in [0.05, 0.1) is 0 Å². The summed E-state index contributed by atoms with van der Waals surface area (Å²) in [6, 6.07) is 1.19. The monoisotopic (exact) mass is 332 g/mol. The lowest BCUT2D eigenvalue weighted by Crippen LogP contribution is -2.44. The van der Waals surface area contributed by atoms with Crippen LogP contribution in [-0.4, -0.2) is 52.5 Å². The minimum absolute atomic E-state index is 0.0227. The molecule has 0 amide bonds. The van der Waals surface area contributed by atoms with Crippen LogP contribution in [0.3, 0.4) is 0 Å². The summed E-state index contributed by atoms with van der Waals surface area (Å²) < 4.78 is 28.4. The average Bonchev–Trinajstić information content (AvgIpc) is 2.84. The number of sulfonamides is 1. The number of hydrogen-bond donors (Lipinski definition) is 1. The Kier molecular flexibility index (Phi) is 5.00. The molecule has 0 aliphatic carbocycles. The third-order valence-corrected chi connectivity index (χ3v) is 6.64. The van der Waals surface area contributed by atoms with E-state index in [-0.39, 0.29) is 16.6 Å². The molecular formula is C13H20N2O4S2. The van der Waals surface area contributed by atoms with E-state index >= 15 is 0 Å². The van der Waals surface area contributed by atoms with Gasteiger partial charge in [-0.05, 0) is 19.4 Å². The van der Waals surface area contributed by atoms with Gasteiger partial charge in [-0.15, -0.1) is 0 Å². The zero-order valence-corrected chi connectivity index (χ0v) is 13.8. The highest BCUT2D eigenvalue weighted by molar-refractivity contribution is 7.99. The second kappa shape index (κ2) is 6.41. The standard InChI is InChI=1S/C13H20N2O4S2/c1-3-4-14-8-11(7-12(14)13(16)17)21(18,19)15-5-6-20-9-10(15)2/h7-8,10H,3-6,9H2,1-2H3,(H,16,17). The Morgan fingerprint density at radius 2 is 2.24 bits per heavy atom. The Labute approximate surface area is 129 Å². The van der Waals surface area contributed by atoms with Crippen molar-refractivity contribution < 1.29 is 18.3 Å². The number of hydrogen-bond acceptors (Lipinski definition) is 4. The van der Waals surface area contributed by atoms with Crippen molar-refractivity contribution in [1.29, 1.82) is 0 Å². The van der Waals surface area contributed by atoms with Gasteiger partial charge in [0.25, 0.3) is 0 Å². The maximum Gasteiger partial charge on any atom is 0.352 e. The van der Waals surface area contributed by atoms with Crippen LogP contribution in [0.4, 0.5) is 0 Å². The second-order valence-corrected chi connectivity index (χ2v) is 8.14. The molecule has 1 atom stereocenters. The fourth-order valence-corrected chi connectivity index (χ4v) is 5.33. The highest BCUT2D eigenvalue weighted by Gasteiger charge is 2.33. The maximum atomic E-state index is 12.7. The van der Waals surface area contributed by atoms with Gasteiger partial charge in [0.1, 0.15) is 10.6 Å². The third kappa shape index (κ3) is 3.27. The minimum Gasteiger partial charge on any atom is -0.477 e. The molecule has 1 saturated heterocycles. The van der Waals surface area contributed by atoms with E-state index in [1.54, 1.807) is 11.8 Å². The van der Waals surface area contributed by atoms with Crippen molar-refractivity contribution in [3.8, 4) is 0 Å². The van der Waals surface area contributed by atoms with Gasteiger partial charge in [-0.25, -0.2) is 13.2 Å². The van der Waals surface area contributed by atoms with E-state index in [9.17, 15) is 18.3 Å². The summed E-state index contributed by atoms with van der Waals surface area (Å²) in [7, 11) is -3.63. The molecule has 0 bridgehead atoms. The number of nitrogens with zero attached hydrogens (tertiary/aromatic N) is 2. The predicted molar refractivity (Wildman–Crippen MR) is 82.4 cm³/mol. The first-order valence-electron chi connectivity index (χ1n) is 6.91. The van der Waals surface area contributed by atoms with Crippen LogP contribution in [0.25, 0.3) is 0 Å². The van der Waals surface area contributed by atoms with Gasteiger partial charge >= 0.3 is 5.97 Å². The summed E-state index contributed by atoms with van der Waals surface area (Å²) >= 11 is 1.73. The van der Waals surface area contributed by atoms with E-state index in [0.29, 0.717) is 13.1 Å². The molecule has 2 rings (SSSR count). The zero-order valence-electron chi connectivity index (χ0n) is 12.2. The number of aromatic nitrogens is 1. The minimum atomic E-state index is -3.63. The van der Waals surface area contributed by atoms with Crippen LogP contribution in [0, 0.1) is 0 Å². The fourth-order valence-electron chi connectivity index (χ4n) is 2.43. The molecule has 0 spiro atoms. The Morgan fingerprint density at radius 1 is 1.52 bits per heavy atom. The molecule has 1 aromatic rings. The van der Waals surface area contributed by atoms with E-state index in [4.69, 9.17) is 0 Å². The van der Waals surface area contributed by atoms with Crippen molar-refractivity contribution in [1.82, 2.24) is 8.87 Å². The second-order valence-electron chi connectivity index (χ2n) is 5.10. The Hall–Kier alpha value is -0.990. The topological polar surface area (TPSA) is 79.6 Å². The van der Waals surface area contributed by atoms with Gasteiger partial charge in [-0.1, -0.05) is 6.92 Å². The highest BCUT2D eigenvalue weighted by Crippen LogP contribution is 2.26. The molecule has 1 aliphatic heterocycles. The van der Waals surface area contributed by atoms with Crippen LogP contribution >= 0.6 is 11.8 Å². The van der Waals surface area contributed by atoms with E-state index < -0.39 is 16.0 Å². The van der Waals surface area contributed by atoms with Crippen molar-refractivity contribution in [2.45, 2.75) is 37.8 Å². The maximum absolute atomic E-state index is 12.7. The van der Waals surface area contributed by atoms with Crippen LogP contribution in [0.5, 0.6) is 0 Å². The van der Waals surface area contributed by atoms with E-state index in [2.05, 4.69) is 0 Å². The Morgan fingerprint density at radius 3 is 2.81 bits per heavy atom. The first-order valence-corrected chi connectivity index (χ1v) is 9.50. The Bertz CT molecular complexity index is 624. The van der Waals surface area contributed by atoms with Crippen molar-refractivity contribution in [2.75, 3.05) is 18.1 Å². The lowest BCUT2D eigenvalue weighted by Gasteiger charge is -2.31. The molecular weight excluding hydrogens is 312 g/mol. The van der Waals surface area contributed by atoms with E-state index in [1.807, 2.05) is 13.8 Å². The summed E-state index contributed by atoms with van der Waals surface area (Å²) in [4.78, 5) is 11.3. The molecule has 1 unspecified atom stereocenters. The van der Waals surface area contributed by atoms with Crippen LogP contribution in [0.1, 0.15) is 30.8 Å². The number of aryl methyl sites for hydroxylation is 1. The molecule has 1 N–H and O–H groups in total. The molecule has 0 saturated carbocycles.